The highest BCUT2D eigenvalue weighted by Gasteiger charge is 2.41. The number of hydrogen-bond donors (Lipinski definition) is 0. The van der Waals surface area contributed by atoms with Crippen molar-refractivity contribution in [3.63, 3.8) is 0 Å². The van der Waals surface area contributed by atoms with Crippen LogP contribution in [-0.2, 0) is 0 Å². The molecular formula is C42H29N3OSi. The Morgan fingerprint density at radius 3 is 2.13 bits per heavy atom. The average molecular weight is 620 g/mol. The molecule has 6 aromatic carbocycles. The van der Waals surface area contributed by atoms with Gasteiger partial charge in [-0.15, -0.1) is 0 Å². The zero-order valence-corrected chi connectivity index (χ0v) is 27.0. The van der Waals surface area contributed by atoms with Crippen LogP contribution in [0.2, 0.25) is 13.1 Å². The number of para-hydroxylation sites is 2. The van der Waals surface area contributed by atoms with E-state index in [0.717, 1.165) is 61.3 Å². The minimum atomic E-state index is -2.03. The summed E-state index contributed by atoms with van der Waals surface area (Å²) in [6.07, 6.45) is 0. The molecule has 222 valence electrons. The second-order valence-electron chi connectivity index (χ2n) is 13.0. The maximum atomic E-state index is 6.56. The van der Waals surface area contributed by atoms with Gasteiger partial charge < -0.3 is 8.98 Å². The van der Waals surface area contributed by atoms with E-state index in [2.05, 4.69) is 145 Å². The molecule has 0 amide bonds. The first-order valence-corrected chi connectivity index (χ1v) is 19.1. The fourth-order valence-corrected chi connectivity index (χ4v) is 10.6. The summed E-state index contributed by atoms with van der Waals surface area (Å²) in [5, 5.41) is 7.28. The molecule has 10 rings (SSSR count). The summed E-state index contributed by atoms with van der Waals surface area (Å²) in [7, 11) is -2.03. The third-order valence-corrected chi connectivity index (χ3v) is 13.3. The van der Waals surface area contributed by atoms with E-state index >= 15 is 0 Å². The van der Waals surface area contributed by atoms with Crippen molar-refractivity contribution in [1.82, 2.24) is 14.5 Å². The Kier molecular flexibility index (Phi) is 5.41. The van der Waals surface area contributed by atoms with Crippen LogP contribution < -0.4 is 10.5 Å². The molecule has 47 heavy (non-hydrogen) atoms. The van der Waals surface area contributed by atoms with Crippen molar-refractivity contribution in [2.75, 3.05) is 0 Å². The van der Waals surface area contributed by atoms with Gasteiger partial charge in [0.2, 0.25) is 0 Å². The summed E-state index contributed by atoms with van der Waals surface area (Å²) >= 11 is 0. The first-order chi connectivity index (χ1) is 23.1. The van der Waals surface area contributed by atoms with Crippen LogP contribution >= 0.6 is 0 Å². The molecular weight excluding hydrogens is 591 g/mol. The van der Waals surface area contributed by atoms with Crippen LogP contribution in [0.4, 0.5) is 0 Å². The molecule has 1 aliphatic heterocycles. The SMILES string of the molecule is C[Si]1(C)c2ccccc2-c2c(-c3ccccc3)nc(-c3ccc(-n4c5ccccc5c5ccc6c7ccccc7oc6c54)cc3)nc21. The van der Waals surface area contributed by atoms with Gasteiger partial charge in [0.15, 0.2) is 11.4 Å². The molecule has 0 radical (unpaired) electrons. The minimum Gasteiger partial charge on any atom is -0.454 e. The zero-order chi connectivity index (χ0) is 31.3. The lowest BCUT2D eigenvalue weighted by Crippen LogP contribution is -2.50. The summed E-state index contributed by atoms with van der Waals surface area (Å²) in [5.41, 5.74) is 10.7. The molecule has 0 saturated heterocycles. The quantitative estimate of drug-likeness (QED) is 0.185. The predicted molar refractivity (Wildman–Crippen MR) is 197 cm³/mol. The molecule has 4 nitrogen and oxygen atoms in total. The normalized spacial score (nSPS) is 13.5. The number of fused-ring (bicyclic) bond motifs is 10. The molecule has 0 unspecified atom stereocenters. The second-order valence-corrected chi connectivity index (χ2v) is 17.3. The Labute approximate surface area is 272 Å². The summed E-state index contributed by atoms with van der Waals surface area (Å²) < 4.78 is 8.90. The molecule has 0 N–H and O–H groups in total. The summed E-state index contributed by atoms with van der Waals surface area (Å²) in [6, 6.07) is 49.4. The van der Waals surface area contributed by atoms with Crippen LogP contribution in [0.25, 0.3) is 83.2 Å². The molecule has 0 aliphatic carbocycles. The summed E-state index contributed by atoms with van der Waals surface area (Å²) in [6.45, 7) is 4.82. The molecule has 9 aromatic rings. The number of nitrogens with zero attached hydrogens (tertiary/aromatic N) is 3. The number of benzene rings is 6. The molecule has 3 aromatic heterocycles. The highest BCUT2D eigenvalue weighted by Crippen LogP contribution is 2.41. The van der Waals surface area contributed by atoms with E-state index in [1.54, 1.807) is 0 Å². The Balaban J connectivity index is 1.18. The van der Waals surface area contributed by atoms with Gasteiger partial charge in [0.05, 0.1) is 16.7 Å². The van der Waals surface area contributed by atoms with Crippen molar-refractivity contribution in [2.45, 2.75) is 13.1 Å². The predicted octanol–water partition coefficient (Wildman–Crippen LogP) is 9.61. The smallest absolute Gasteiger partial charge is 0.160 e. The summed E-state index contributed by atoms with van der Waals surface area (Å²) in [5.74, 6) is 0.768. The minimum absolute atomic E-state index is 0.768. The molecule has 0 saturated carbocycles. The largest absolute Gasteiger partial charge is 0.454 e. The molecule has 0 spiro atoms. The maximum Gasteiger partial charge on any atom is 0.160 e. The van der Waals surface area contributed by atoms with Crippen LogP contribution in [0.3, 0.4) is 0 Å². The van der Waals surface area contributed by atoms with Gasteiger partial charge in [0, 0.05) is 49.2 Å². The van der Waals surface area contributed by atoms with Crippen LogP contribution in [0.1, 0.15) is 0 Å². The molecule has 1 aliphatic rings. The standard InChI is InChI=1S/C42H29N3OSi/c1-47(2)36-19-11-8-16-33(36)37-38(26-12-4-3-5-13-26)43-41(44-42(37)47)27-20-22-28(23-21-27)45-34-17-9-6-14-29(34)31-24-25-32-30-15-7-10-18-35(30)46-40(32)39(31)45/h3-25H,1-2H3. The monoisotopic (exact) mass is 619 g/mol. The van der Waals surface area contributed by atoms with Crippen LogP contribution in [0.15, 0.2) is 144 Å². The van der Waals surface area contributed by atoms with Crippen LogP contribution in [0.5, 0.6) is 0 Å². The molecule has 4 heterocycles. The topological polar surface area (TPSA) is 43.9 Å². The highest BCUT2D eigenvalue weighted by molar-refractivity contribution is 7.03. The lowest BCUT2D eigenvalue weighted by atomic mass is 10.0. The van der Waals surface area contributed by atoms with Crippen molar-refractivity contribution in [1.29, 1.82) is 0 Å². The Morgan fingerprint density at radius 2 is 1.28 bits per heavy atom. The first kappa shape index (κ1) is 26.4. The highest BCUT2D eigenvalue weighted by atomic mass is 28.3. The van der Waals surface area contributed by atoms with Crippen molar-refractivity contribution < 1.29 is 4.42 Å². The lowest BCUT2D eigenvalue weighted by Gasteiger charge is -2.19. The van der Waals surface area contributed by atoms with E-state index in [1.807, 2.05) is 12.1 Å². The number of furan rings is 1. The van der Waals surface area contributed by atoms with Gasteiger partial charge in [-0.25, -0.2) is 9.97 Å². The first-order valence-electron chi connectivity index (χ1n) is 16.1. The lowest BCUT2D eigenvalue weighted by molar-refractivity contribution is 0.671. The van der Waals surface area contributed by atoms with Gasteiger partial charge in [-0.05, 0) is 53.2 Å². The fraction of sp³-hybridized carbons (Fsp3) is 0.0476. The molecule has 5 heteroatoms. The van der Waals surface area contributed by atoms with Gasteiger partial charge in [0.25, 0.3) is 0 Å². The van der Waals surface area contributed by atoms with Crippen molar-refractivity contribution in [2.24, 2.45) is 0 Å². The van der Waals surface area contributed by atoms with Crippen molar-refractivity contribution in [3.05, 3.63) is 140 Å². The van der Waals surface area contributed by atoms with Crippen molar-refractivity contribution >= 4 is 62.3 Å². The Morgan fingerprint density at radius 1 is 0.574 bits per heavy atom. The van der Waals surface area contributed by atoms with E-state index in [4.69, 9.17) is 14.4 Å². The van der Waals surface area contributed by atoms with Gasteiger partial charge in [-0.1, -0.05) is 110 Å². The third-order valence-electron chi connectivity index (χ3n) is 9.98. The van der Waals surface area contributed by atoms with E-state index in [1.165, 1.54) is 32.4 Å². The van der Waals surface area contributed by atoms with Crippen molar-refractivity contribution in [3.8, 4) is 39.5 Å². The molecule has 0 fully saturated rings. The number of aromatic nitrogens is 3. The number of rotatable bonds is 3. The van der Waals surface area contributed by atoms with E-state index in [9.17, 15) is 0 Å². The average Bonchev–Trinajstić information content (AvgIpc) is 3.74. The maximum absolute atomic E-state index is 6.56. The van der Waals surface area contributed by atoms with Gasteiger partial charge in [0.1, 0.15) is 13.7 Å². The van der Waals surface area contributed by atoms with E-state index < -0.39 is 8.07 Å². The molecule has 0 atom stereocenters. The van der Waals surface area contributed by atoms with Gasteiger partial charge in [-0.3, -0.25) is 0 Å². The second kappa shape index (κ2) is 9.61. The van der Waals surface area contributed by atoms with Gasteiger partial charge in [-0.2, -0.15) is 0 Å². The summed E-state index contributed by atoms with van der Waals surface area (Å²) in [4.78, 5) is 10.7. The zero-order valence-electron chi connectivity index (χ0n) is 26.0. The third kappa shape index (κ3) is 3.69. The number of hydrogen-bond acceptors (Lipinski definition) is 3. The fourth-order valence-electron chi connectivity index (χ4n) is 7.73. The van der Waals surface area contributed by atoms with Crippen LogP contribution in [-0.4, -0.2) is 22.6 Å². The van der Waals surface area contributed by atoms with Crippen LogP contribution in [0, 0.1) is 0 Å². The van der Waals surface area contributed by atoms with E-state index in [0.29, 0.717) is 0 Å². The van der Waals surface area contributed by atoms with E-state index in [-0.39, 0.29) is 0 Å². The van der Waals surface area contributed by atoms with Gasteiger partial charge >= 0.3 is 0 Å². The Hall–Kier alpha value is -5.78. The molecule has 0 bridgehead atoms. The Bertz CT molecular complexity index is 2700.